The van der Waals surface area contributed by atoms with Gasteiger partial charge in [0.2, 0.25) is 0 Å². The summed E-state index contributed by atoms with van der Waals surface area (Å²) in [5, 5.41) is 0. The summed E-state index contributed by atoms with van der Waals surface area (Å²) >= 11 is 0. The molecule has 1 heteroatoms. The molecular formula is C7H12O. The maximum atomic E-state index is 4.78. The molecule has 0 saturated carbocycles. The summed E-state index contributed by atoms with van der Waals surface area (Å²) in [6.45, 7) is 7.57. The maximum absolute atomic E-state index is 4.78. The molecule has 0 aromatic heterocycles. The minimum Gasteiger partial charge on any atom is -0.470 e. The van der Waals surface area contributed by atoms with E-state index in [4.69, 9.17) is 4.74 Å². The van der Waals surface area contributed by atoms with Crippen LogP contribution in [0.1, 0.15) is 20.3 Å². The van der Waals surface area contributed by atoms with Crippen LogP contribution in [0.3, 0.4) is 0 Å². The summed E-state index contributed by atoms with van der Waals surface area (Å²) in [7, 11) is 0. The van der Waals surface area contributed by atoms with E-state index in [1.165, 1.54) is 0 Å². The van der Waals surface area contributed by atoms with E-state index in [1.807, 2.05) is 19.9 Å². The molecular weight excluding hydrogens is 100 g/mol. The third-order valence-corrected chi connectivity index (χ3v) is 0.676. The Morgan fingerprint density at radius 3 is 2.38 bits per heavy atom. The van der Waals surface area contributed by atoms with Crippen LogP contribution in [0.25, 0.3) is 0 Å². The van der Waals surface area contributed by atoms with Gasteiger partial charge in [0.05, 0.1) is 12.0 Å². The molecule has 0 atom stereocenters. The summed E-state index contributed by atoms with van der Waals surface area (Å²) in [6.07, 6.45) is 4.48. The van der Waals surface area contributed by atoms with Gasteiger partial charge in [0, 0.05) is 6.42 Å². The first-order chi connectivity index (χ1) is 3.89. The van der Waals surface area contributed by atoms with Crippen LogP contribution in [0.5, 0.6) is 0 Å². The number of allylic oxidation sites excluding steroid dienone is 1. The van der Waals surface area contributed by atoms with Crippen molar-refractivity contribution in [3.63, 3.8) is 0 Å². The lowest BCUT2D eigenvalue weighted by molar-refractivity contribution is 0.369. The maximum Gasteiger partial charge on any atom is 0.0999 e. The van der Waals surface area contributed by atoms with Crippen molar-refractivity contribution >= 4 is 0 Å². The molecule has 1 nitrogen and oxygen atoms in total. The van der Waals surface area contributed by atoms with E-state index in [9.17, 15) is 0 Å². The summed E-state index contributed by atoms with van der Waals surface area (Å²) < 4.78 is 4.78. The largest absolute Gasteiger partial charge is 0.470 e. The van der Waals surface area contributed by atoms with Gasteiger partial charge < -0.3 is 4.74 Å². The lowest BCUT2D eigenvalue weighted by Gasteiger charge is -1.86. The molecule has 0 amide bonds. The molecule has 0 bridgehead atoms. The fourth-order valence-electron chi connectivity index (χ4n) is 0.372. The third-order valence-electron chi connectivity index (χ3n) is 0.676. The molecule has 46 valence electrons. The van der Waals surface area contributed by atoms with E-state index in [2.05, 4.69) is 6.58 Å². The van der Waals surface area contributed by atoms with E-state index < -0.39 is 0 Å². The molecule has 8 heavy (non-hydrogen) atoms. The minimum atomic E-state index is 0.843. The zero-order valence-electron chi connectivity index (χ0n) is 5.48. The van der Waals surface area contributed by atoms with Crippen molar-refractivity contribution in [1.82, 2.24) is 0 Å². The SMILES string of the molecule is C=C1CC=CO1.CC. The van der Waals surface area contributed by atoms with Crippen molar-refractivity contribution in [2.75, 3.05) is 0 Å². The quantitative estimate of drug-likeness (QED) is 0.467. The normalized spacial score (nSPS) is 14.5. The molecule has 0 aromatic rings. The summed E-state index contributed by atoms with van der Waals surface area (Å²) in [5.74, 6) is 0.843. The first kappa shape index (κ1) is 7.28. The Labute approximate surface area is 50.7 Å². The zero-order valence-corrected chi connectivity index (χ0v) is 5.48. The second-order valence-electron chi connectivity index (χ2n) is 1.23. The van der Waals surface area contributed by atoms with Crippen LogP contribution in [0, 0.1) is 0 Å². The van der Waals surface area contributed by atoms with Gasteiger partial charge in [-0.3, -0.25) is 0 Å². The molecule has 0 aliphatic carbocycles. The summed E-state index contributed by atoms with van der Waals surface area (Å²) in [6, 6.07) is 0. The van der Waals surface area contributed by atoms with Gasteiger partial charge in [-0.15, -0.1) is 0 Å². The van der Waals surface area contributed by atoms with Gasteiger partial charge >= 0.3 is 0 Å². The first-order valence-corrected chi connectivity index (χ1v) is 2.89. The molecule has 0 N–H and O–H groups in total. The minimum absolute atomic E-state index is 0.843. The standard InChI is InChI=1S/C5H6O.C2H6/c1-5-3-2-4-6-5;1-2/h2,4H,1,3H2;1-2H3. The summed E-state index contributed by atoms with van der Waals surface area (Å²) in [4.78, 5) is 0. The van der Waals surface area contributed by atoms with Gasteiger partial charge in [-0.25, -0.2) is 0 Å². The second kappa shape index (κ2) is 4.44. The Kier molecular flexibility index (Phi) is 4.04. The van der Waals surface area contributed by atoms with E-state index in [1.54, 1.807) is 6.26 Å². The van der Waals surface area contributed by atoms with Crippen molar-refractivity contribution in [2.45, 2.75) is 20.3 Å². The van der Waals surface area contributed by atoms with E-state index >= 15 is 0 Å². The van der Waals surface area contributed by atoms with Gasteiger partial charge in [0.15, 0.2) is 0 Å². The number of hydrogen-bond acceptors (Lipinski definition) is 1. The average molecular weight is 112 g/mol. The van der Waals surface area contributed by atoms with E-state index in [0.717, 1.165) is 12.2 Å². The fraction of sp³-hybridized carbons (Fsp3) is 0.429. The van der Waals surface area contributed by atoms with Gasteiger partial charge in [0.25, 0.3) is 0 Å². The van der Waals surface area contributed by atoms with Crippen molar-refractivity contribution in [3.05, 3.63) is 24.7 Å². The number of hydrogen-bond donors (Lipinski definition) is 0. The molecule has 1 aliphatic heterocycles. The van der Waals surface area contributed by atoms with Crippen LogP contribution >= 0.6 is 0 Å². The Bertz CT molecular complexity index is 82.6. The van der Waals surface area contributed by atoms with Crippen molar-refractivity contribution in [1.29, 1.82) is 0 Å². The molecule has 0 spiro atoms. The predicted octanol–water partition coefficient (Wildman–Crippen LogP) is 2.46. The van der Waals surface area contributed by atoms with Gasteiger partial charge in [-0.2, -0.15) is 0 Å². The van der Waals surface area contributed by atoms with Gasteiger partial charge in [-0.05, 0) is 6.08 Å². The average Bonchev–Trinajstić information content (AvgIpc) is 2.24. The van der Waals surface area contributed by atoms with Crippen molar-refractivity contribution < 1.29 is 4.74 Å². The highest BCUT2D eigenvalue weighted by molar-refractivity contribution is 5.00. The van der Waals surface area contributed by atoms with Gasteiger partial charge in [0.1, 0.15) is 0 Å². The van der Waals surface area contributed by atoms with E-state index in [0.29, 0.717) is 0 Å². The van der Waals surface area contributed by atoms with Crippen LogP contribution in [-0.2, 0) is 4.74 Å². The first-order valence-electron chi connectivity index (χ1n) is 2.89. The van der Waals surface area contributed by atoms with Crippen LogP contribution in [0.15, 0.2) is 24.7 Å². The predicted molar refractivity (Wildman–Crippen MR) is 35.3 cm³/mol. The van der Waals surface area contributed by atoms with E-state index in [-0.39, 0.29) is 0 Å². The van der Waals surface area contributed by atoms with Crippen LogP contribution < -0.4 is 0 Å². The number of rotatable bonds is 0. The molecule has 1 rings (SSSR count). The van der Waals surface area contributed by atoms with Crippen molar-refractivity contribution in [2.24, 2.45) is 0 Å². The monoisotopic (exact) mass is 112 g/mol. The molecule has 1 heterocycles. The molecule has 1 aliphatic rings. The number of ether oxygens (including phenoxy) is 1. The Morgan fingerprint density at radius 2 is 2.25 bits per heavy atom. The topological polar surface area (TPSA) is 9.23 Å². The van der Waals surface area contributed by atoms with Crippen LogP contribution in [0.4, 0.5) is 0 Å². The molecule has 0 radical (unpaired) electrons. The summed E-state index contributed by atoms with van der Waals surface area (Å²) in [5.41, 5.74) is 0. The second-order valence-corrected chi connectivity index (χ2v) is 1.23. The molecule has 0 fully saturated rings. The Balaban J connectivity index is 0.000000222. The molecule has 0 unspecified atom stereocenters. The Morgan fingerprint density at radius 1 is 1.62 bits per heavy atom. The lowest BCUT2D eigenvalue weighted by Crippen LogP contribution is -1.66. The van der Waals surface area contributed by atoms with Crippen molar-refractivity contribution in [3.8, 4) is 0 Å². The molecule has 0 aromatic carbocycles. The van der Waals surface area contributed by atoms with Crippen LogP contribution in [0.2, 0.25) is 0 Å². The lowest BCUT2D eigenvalue weighted by atomic mass is 10.4. The molecule has 0 saturated heterocycles. The zero-order chi connectivity index (χ0) is 6.41. The highest BCUT2D eigenvalue weighted by atomic mass is 16.5. The highest BCUT2D eigenvalue weighted by Gasteiger charge is 1.92. The fourth-order valence-corrected chi connectivity index (χ4v) is 0.372. The van der Waals surface area contributed by atoms with Gasteiger partial charge in [-0.1, -0.05) is 20.4 Å². The highest BCUT2D eigenvalue weighted by Crippen LogP contribution is 2.08. The Hall–Kier alpha value is -0.720. The smallest absolute Gasteiger partial charge is 0.0999 e. The third kappa shape index (κ3) is 2.45. The van der Waals surface area contributed by atoms with Crippen LogP contribution in [-0.4, -0.2) is 0 Å².